The van der Waals surface area contributed by atoms with Crippen molar-refractivity contribution in [3.05, 3.63) is 174 Å². The van der Waals surface area contributed by atoms with Crippen LogP contribution in [-0.4, -0.2) is 172 Å². The largest absolute Gasteiger partial charge is 0.405 e. The molecule has 2 bridgehead atoms. The number of rotatable bonds is 13. The zero-order chi connectivity index (χ0) is 96.0. The van der Waals surface area contributed by atoms with E-state index in [-0.39, 0.29) is 200 Å². The SMILES string of the molecule is CC.CC.CC.CC.CC.CC.CC.CCCN(CC)c1ccc2c(c1)c(=O)[n-]c1nc(NC)ncc12.CNc1ncc2c(n1)[n-]c(=O)c1cc(N3CC4CCC3C4)ccc12.CNc1ncc2c(n1)[n-]c(=O)c1cc(N3CCC4(CCCC4)C3)ccc12.CNc1ncc2c(n1)[n-]c(=O)c1cc(N3CCCCC3)ccc12.CNc1ncc2c(n1)[n-]c(=O)c1cc(N3CCNCC3)ccc12.[B].[Y].[Y].[Y].[Y].[Y]. The molecule has 8 radical (unpaired) electrons. The molecule has 728 valence electrons. The average molecular weight is 2260 g/mol. The van der Waals surface area contributed by atoms with Crippen LogP contribution < -0.4 is 109 Å². The van der Waals surface area contributed by atoms with Crippen molar-refractivity contribution in [2.45, 2.75) is 194 Å². The van der Waals surface area contributed by atoms with Gasteiger partial charge in [0.2, 0.25) is 0 Å². The molecule has 4 saturated heterocycles. The molecular weight excluding hydrogens is 2120 g/mol. The second-order valence-corrected chi connectivity index (χ2v) is 31.4. The van der Waals surface area contributed by atoms with Crippen LogP contribution in [-0.2, 0) is 164 Å². The molecule has 21 rings (SSSR count). The number of nitrogens with zero attached hydrogens (tertiary/aromatic N) is 20. The molecule has 2 atom stereocenters. The molecule has 6 N–H and O–H groups in total. The first kappa shape index (κ1) is 124. The Morgan fingerprint density at radius 3 is 1.00 bits per heavy atom. The first-order valence-corrected chi connectivity index (χ1v) is 48.3. The molecule has 139 heavy (non-hydrogen) atoms. The number of fused-ring (bicyclic) bond motifs is 17. The fraction of sp³-hybridized carbons (Fsp3) is 0.461. The molecule has 15 aromatic rings. The number of hydrogen-bond acceptors (Lipinski definition) is 26. The van der Waals surface area contributed by atoms with Gasteiger partial charge in [0.15, 0.2) is 27.8 Å². The van der Waals surface area contributed by atoms with E-state index in [9.17, 15) is 24.0 Å². The number of aromatic nitrogens is 15. The van der Waals surface area contributed by atoms with Crippen molar-refractivity contribution >= 4 is 176 Å². The molecule has 1 spiro atoms. The number of nitrogens with one attached hydrogen (secondary N) is 6. The molecule has 6 aliphatic rings. The van der Waals surface area contributed by atoms with E-state index in [4.69, 9.17) is 0 Å². The van der Waals surface area contributed by atoms with Crippen LogP contribution in [0.15, 0.2) is 146 Å². The van der Waals surface area contributed by atoms with Gasteiger partial charge in [-0.1, -0.05) is 147 Å². The summed E-state index contributed by atoms with van der Waals surface area (Å²) < 4.78 is 0. The Morgan fingerprint density at radius 1 is 0.367 bits per heavy atom. The summed E-state index contributed by atoms with van der Waals surface area (Å²) in [6.45, 7) is 43.3. The van der Waals surface area contributed by atoms with Crippen molar-refractivity contribution in [2.75, 3.05) is 158 Å². The van der Waals surface area contributed by atoms with E-state index in [0.717, 1.165) is 167 Å². The van der Waals surface area contributed by atoms with E-state index in [1.807, 2.05) is 164 Å². The molecule has 10 aromatic heterocycles. The smallest absolute Gasteiger partial charge is 0.179 e. The molecule has 6 fully saturated rings. The van der Waals surface area contributed by atoms with E-state index >= 15 is 0 Å². The van der Waals surface area contributed by atoms with Gasteiger partial charge in [-0.3, -0.25) is 24.0 Å². The number of hydrogen-bond donors (Lipinski definition) is 6. The van der Waals surface area contributed by atoms with E-state index in [2.05, 4.69) is 169 Å². The summed E-state index contributed by atoms with van der Waals surface area (Å²) in [6.07, 6.45) is 24.0. The maximum atomic E-state index is 12.6. The second-order valence-electron chi connectivity index (χ2n) is 31.4. The van der Waals surface area contributed by atoms with Crippen molar-refractivity contribution < 1.29 is 164 Å². The fourth-order valence-electron chi connectivity index (χ4n) is 18.1. The van der Waals surface area contributed by atoms with Crippen molar-refractivity contribution in [1.82, 2.24) is 80.1 Å². The van der Waals surface area contributed by atoms with E-state index in [0.29, 0.717) is 96.4 Å². The zero-order valence-electron chi connectivity index (χ0n) is 85.4. The van der Waals surface area contributed by atoms with Crippen LogP contribution in [0, 0.1) is 11.3 Å². The average Bonchev–Trinajstić information content (AvgIpc) is 1.67. The molecule has 14 heterocycles. The van der Waals surface area contributed by atoms with Gasteiger partial charge >= 0.3 is 0 Å². The van der Waals surface area contributed by atoms with E-state index in [1.165, 1.54) is 70.6 Å². The predicted molar refractivity (Wildman–Crippen MR) is 562 cm³/mol. The predicted octanol–water partition coefficient (Wildman–Crippen LogP) is 16.9. The third-order valence-corrected chi connectivity index (χ3v) is 24.3. The van der Waals surface area contributed by atoms with Crippen LogP contribution in [0.4, 0.5) is 58.2 Å². The summed E-state index contributed by atoms with van der Waals surface area (Å²) in [5.41, 5.74) is 7.01. The van der Waals surface area contributed by atoms with Gasteiger partial charge in [0.05, 0.1) is 0 Å². The zero-order valence-corrected chi connectivity index (χ0v) is 99.6. The first-order valence-electron chi connectivity index (χ1n) is 48.3. The standard InChI is InChI=1S/C20H23N5O.C18H19N5O.C17H19N5O.C17H21N5O.C16H18N6O.7C2H6.B.5Y/c1-21-19-22-11-16-14-5-4-13(10-15(14)18(26)23-17(16)24-19)25-9-8-20(12-25)6-2-3-7-20;1-19-18-20-8-15-13-5-4-12(23-9-10-2-3-11(23)6-10)7-14(13)17(24)21-16(15)22-18;1-18-17-19-10-14-12-6-5-11(22-7-3-2-4-8-22)9-13(12)16(23)20-15(14)21-17;1-4-8-22(5-2)11-6-7-12-13(9-11)16(23)20-15-14(12)10-19-17(18-3)21-15;1-17-16-19-9-13-11-3-2-10(22-6-4-18-5-7-22)8-12(11)15(23)20-14(13)21-16;7*1-2;;;;;;/h4-5,10-11H,2-3,6-9,12H2,1H3,(H2,21,22,23,24,26);4-5,7-8,10-11H,2-3,6,9H2,1H3,(H2,19,20,21,22,24);5-6,9-10H,2-4,7-8H2,1H3,(H2,18,19,20,21,23);6-7,9-10H,4-5,8H2,1-3H3,(H2,18,19,20,21,23);2-3,8-9,18H,4-7H2,1H3,(H2,17,19,20,21,23);7*1-2H3;;;;;;/p-5. The third-order valence-electron chi connectivity index (χ3n) is 24.3. The van der Waals surface area contributed by atoms with Crippen molar-refractivity contribution in [3.8, 4) is 0 Å². The van der Waals surface area contributed by atoms with Crippen LogP contribution in [0.5, 0.6) is 0 Å². The van der Waals surface area contributed by atoms with Gasteiger partial charge in [0, 0.05) is 372 Å². The second kappa shape index (κ2) is 61.5. The molecular formula is C102H137BN26O5Y5-5. The Morgan fingerprint density at radius 2 is 0.683 bits per heavy atom. The minimum absolute atomic E-state index is 0. The summed E-state index contributed by atoms with van der Waals surface area (Å²) in [6, 6.07) is 30.9. The Hall–Kier alpha value is -7.61. The number of pyridine rings is 5. The van der Waals surface area contributed by atoms with Crippen LogP contribution >= 0.6 is 0 Å². The summed E-state index contributed by atoms with van der Waals surface area (Å²) in [5.74, 6) is 3.15. The Bertz CT molecular complexity index is 6370. The van der Waals surface area contributed by atoms with Crippen molar-refractivity contribution in [2.24, 2.45) is 11.3 Å². The van der Waals surface area contributed by atoms with E-state index in [1.54, 1.807) is 66.2 Å². The molecule has 2 aliphatic carbocycles. The maximum Gasteiger partial charge on any atom is 0.179 e. The summed E-state index contributed by atoms with van der Waals surface area (Å²) >= 11 is 0. The number of piperidine rings is 2. The minimum Gasteiger partial charge on any atom is -0.405 e. The summed E-state index contributed by atoms with van der Waals surface area (Å²) in [5, 5.41) is 29.2. The molecule has 2 saturated carbocycles. The van der Waals surface area contributed by atoms with Crippen molar-refractivity contribution in [1.29, 1.82) is 0 Å². The summed E-state index contributed by atoms with van der Waals surface area (Å²) in [7, 11) is 8.71. The Labute approximate surface area is 945 Å². The molecule has 37 heteroatoms. The number of benzene rings is 5. The maximum absolute atomic E-state index is 12.6. The van der Waals surface area contributed by atoms with E-state index < -0.39 is 0 Å². The Balaban J connectivity index is 0.000000348. The number of anilines is 10. The minimum atomic E-state index is -0.248. The normalized spacial score (nSPS) is 14.7. The topological polar surface area (TPSA) is 373 Å². The fourth-order valence-corrected chi connectivity index (χ4v) is 18.1. The van der Waals surface area contributed by atoms with Crippen LogP contribution in [0.1, 0.15) is 188 Å². The van der Waals surface area contributed by atoms with Gasteiger partial charge in [0.1, 0.15) is 29.7 Å². The quantitative estimate of drug-likeness (QED) is 0.0461. The molecule has 2 unspecified atom stereocenters. The number of piperazine rings is 1. The monoisotopic (exact) mass is 2260 g/mol. The molecule has 4 aliphatic heterocycles. The van der Waals surface area contributed by atoms with Gasteiger partial charge in [-0.05, 0) is 225 Å². The van der Waals surface area contributed by atoms with Crippen LogP contribution in [0.3, 0.4) is 0 Å². The van der Waals surface area contributed by atoms with Crippen LogP contribution in [0.2, 0.25) is 0 Å². The third kappa shape index (κ3) is 29.4. The van der Waals surface area contributed by atoms with Gasteiger partial charge in [0.25, 0.3) is 0 Å². The van der Waals surface area contributed by atoms with Gasteiger partial charge in [-0.15, -0.1) is 0 Å². The van der Waals surface area contributed by atoms with Crippen molar-refractivity contribution in [3.63, 3.8) is 0 Å². The molecule has 31 nitrogen and oxygen atoms in total. The van der Waals surface area contributed by atoms with Gasteiger partial charge < -0.3 is 106 Å². The van der Waals surface area contributed by atoms with Gasteiger partial charge in [-0.2, -0.15) is 0 Å². The summed E-state index contributed by atoms with van der Waals surface area (Å²) in [4.78, 5) is 137. The van der Waals surface area contributed by atoms with Crippen LogP contribution in [0.25, 0.3) is 109 Å². The first-order chi connectivity index (χ1) is 65.1. The Kier molecular flexibility index (Phi) is 54.7. The molecule has 0 amide bonds. The molecule has 5 aromatic carbocycles. The van der Waals surface area contributed by atoms with Gasteiger partial charge in [-0.25, -0.2) is 24.9 Å².